The maximum Gasteiger partial charge on any atom is 0.267 e. The Balaban J connectivity index is 2.17. The van der Waals surface area contributed by atoms with Gasteiger partial charge in [0.15, 0.2) is 0 Å². The number of carbonyl (C=O) groups is 1. The molecule has 0 atom stereocenters. The first-order chi connectivity index (χ1) is 11.2. The number of hydrogen-bond acceptors (Lipinski definition) is 4. The highest BCUT2D eigenvalue weighted by Crippen LogP contribution is 2.21. The van der Waals surface area contributed by atoms with Gasteiger partial charge in [-0.15, -0.1) is 0 Å². The summed E-state index contributed by atoms with van der Waals surface area (Å²) in [6.45, 7) is 3.95. The summed E-state index contributed by atoms with van der Waals surface area (Å²) in [7, 11) is 0. The molecule has 0 aliphatic heterocycles. The smallest absolute Gasteiger partial charge is 0.267 e. The zero-order valence-corrected chi connectivity index (χ0v) is 13.1. The van der Waals surface area contributed by atoms with Crippen LogP contribution >= 0.6 is 0 Å². The van der Waals surface area contributed by atoms with Gasteiger partial charge in [-0.25, -0.2) is 0 Å². The molecule has 23 heavy (non-hydrogen) atoms. The van der Waals surface area contributed by atoms with E-state index in [1.807, 2.05) is 38.1 Å². The van der Waals surface area contributed by atoms with Gasteiger partial charge in [-0.2, -0.15) is 5.26 Å². The van der Waals surface area contributed by atoms with E-state index in [4.69, 9.17) is 0 Å². The number of amides is 1. The van der Waals surface area contributed by atoms with E-state index in [1.54, 1.807) is 24.5 Å². The lowest BCUT2D eigenvalue weighted by molar-refractivity contribution is -0.112. The van der Waals surface area contributed by atoms with Gasteiger partial charge >= 0.3 is 0 Å². The monoisotopic (exact) mass is 306 g/mol. The van der Waals surface area contributed by atoms with Crippen molar-refractivity contribution < 1.29 is 4.79 Å². The summed E-state index contributed by atoms with van der Waals surface area (Å²) in [5.74, 6) is -0.437. The van der Waals surface area contributed by atoms with Crippen LogP contribution in [0.25, 0.3) is 0 Å². The molecule has 0 bridgehead atoms. The number of benzene rings is 1. The second-order valence-corrected chi connectivity index (χ2v) is 4.97. The zero-order chi connectivity index (χ0) is 16.7. The minimum atomic E-state index is -0.437. The molecule has 0 saturated heterocycles. The first-order valence-electron chi connectivity index (χ1n) is 7.32. The van der Waals surface area contributed by atoms with Crippen LogP contribution in [0, 0.1) is 18.3 Å². The number of nitrogens with one attached hydrogen (secondary N) is 2. The largest absolute Gasteiger partial charge is 0.359 e. The maximum absolute atomic E-state index is 12.3. The van der Waals surface area contributed by atoms with E-state index >= 15 is 0 Å². The lowest BCUT2D eigenvalue weighted by Gasteiger charge is -2.12. The van der Waals surface area contributed by atoms with Gasteiger partial charge in [0, 0.05) is 18.1 Å². The van der Waals surface area contributed by atoms with E-state index < -0.39 is 5.91 Å². The Hall–Kier alpha value is -3.13. The fourth-order valence-electron chi connectivity index (χ4n) is 2.14. The van der Waals surface area contributed by atoms with Crippen LogP contribution in [-0.2, 0) is 11.2 Å². The van der Waals surface area contributed by atoms with Crippen LogP contribution in [0.4, 0.5) is 11.4 Å². The Labute approximate surface area is 135 Å². The normalized spacial score (nSPS) is 10.7. The lowest BCUT2D eigenvalue weighted by atomic mass is 10.1. The summed E-state index contributed by atoms with van der Waals surface area (Å²) in [4.78, 5) is 16.3. The van der Waals surface area contributed by atoms with E-state index in [-0.39, 0.29) is 5.57 Å². The number of aromatic nitrogens is 1. The number of carbonyl (C=O) groups excluding carboxylic acids is 1. The van der Waals surface area contributed by atoms with E-state index in [0.717, 1.165) is 23.2 Å². The molecular formula is C18H18N4O. The van der Waals surface area contributed by atoms with Gasteiger partial charge in [-0.1, -0.05) is 25.1 Å². The van der Waals surface area contributed by atoms with Crippen molar-refractivity contribution in [2.75, 3.05) is 10.6 Å². The van der Waals surface area contributed by atoms with E-state index in [2.05, 4.69) is 15.6 Å². The molecule has 116 valence electrons. The number of nitriles is 1. The van der Waals surface area contributed by atoms with Crippen LogP contribution in [0.5, 0.6) is 0 Å². The molecule has 1 aromatic carbocycles. The van der Waals surface area contributed by atoms with Crippen molar-refractivity contribution in [1.29, 1.82) is 5.26 Å². The lowest BCUT2D eigenvalue weighted by Crippen LogP contribution is -2.16. The topological polar surface area (TPSA) is 77.8 Å². The minimum Gasteiger partial charge on any atom is -0.359 e. The molecule has 0 aliphatic rings. The second kappa shape index (κ2) is 7.76. The van der Waals surface area contributed by atoms with Crippen molar-refractivity contribution in [3.05, 3.63) is 65.6 Å². The van der Waals surface area contributed by atoms with Crippen molar-refractivity contribution in [3.63, 3.8) is 0 Å². The Kier molecular flexibility index (Phi) is 5.48. The molecule has 2 aromatic rings. The van der Waals surface area contributed by atoms with Crippen LogP contribution in [0.1, 0.15) is 18.1 Å². The fraction of sp³-hybridized carbons (Fsp3) is 0.167. The third-order valence-corrected chi connectivity index (χ3v) is 3.39. The SMILES string of the molecule is CCc1cccc(C)c1NC(=O)/C(C#N)=C\Nc1cccnc1. The molecule has 2 N–H and O–H groups in total. The first-order valence-corrected chi connectivity index (χ1v) is 7.32. The fourth-order valence-corrected chi connectivity index (χ4v) is 2.14. The standard InChI is InChI=1S/C18H18N4O/c1-3-14-7-4-6-13(2)17(14)22-18(23)15(10-19)11-21-16-8-5-9-20-12-16/h4-9,11-12,21H,3H2,1-2H3,(H,22,23)/b15-11-. The van der Waals surface area contributed by atoms with Crippen molar-refractivity contribution in [2.24, 2.45) is 0 Å². The summed E-state index contributed by atoms with van der Waals surface area (Å²) in [5, 5.41) is 14.9. The van der Waals surface area contributed by atoms with Crippen LogP contribution in [0.2, 0.25) is 0 Å². The molecule has 1 heterocycles. The number of rotatable bonds is 5. The zero-order valence-electron chi connectivity index (χ0n) is 13.1. The number of anilines is 2. The molecule has 0 aliphatic carbocycles. The van der Waals surface area contributed by atoms with Gasteiger partial charge in [0.1, 0.15) is 11.6 Å². The summed E-state index contributed by atoms with van der Waals surface area (Å²) in [6, 6.07) is 11.3. The van der Waals surface area contributed by atoms with E-state index in [0.29, 0.717) is 5.69 Å². The minimum absolute atomic E-state index is 0.000779. The van der Waals surface area contributed by atoms with Crippen LogP contribution in [-0.4, -0.2) is 10.9 Å². The summed E-state index contributed by atoms with van der Waals surface area (Å²) in [5.41, 5.74) is 3.48. The van der Waals surface area contributed by atoms with Crippen LogP contribution < -0.4 is 10.6 Å². The molecule has 1 aromatic heterocycles. The van der Waals surface area contributed by atoms with Crippen molar-refractivity contribution in [3.8, 4) is 6.07 Å². The Bertz CT molecular complexity index is 760. The number of nitrogens with zero attached hydrogens (tertiary/aromatic N) is 2. The number of aryl methyl sites for hydroxylation is 2. The molecule has 0 unspecified atom stereocenters. The Morgan fingerprint density at radius 1 is 1.35 bits per heavy atom. The molecular weight excluding hydrogens is 288 g/mol. The molecule has 5 heteroatoms. The summed E-state index contributed by atoms with van der Waals surface area (Å²) in [6.07, 6.45) is 5.45. The van der Waals surface area contributed by atoms with Crippen LogP contribution in [0.3, 0.4) is 0 Å². The van der Waals surface area contributed by atoms with Crippen molar-refractivity contribution in [2.45, 2.75) is 20.3 Å². The highest BCUT2D eigenvalue weighted by atomic mass is 16.1. The average Bonchev–Trinajstić information content (AvgIpc) is 2.58. The quantitative estimate of drug-likeness (QED) is 0.655. The van der Waals surface area contributed by atoms with Gasteiger partial charge in [0.2, 0.25) is 0 Å². The molecule has 0 spiro atoms. The summed E-state index contributed by atoms with van der Waals surface area (Å²) < 4.78 is 0. The Morgan fingerprint density at radius 2 is 2.17 bits per heavy atom. The van der Waals surface area contributed by atoms with Crippen molar-refractivity contribution in [1.82, 2.24) is 4.98 Å². The van der Waals surface area contributed by atoms with Gasteiger partial charge in [0.25, 0.3) is 5.91 Å². The van der Waals surface area contributed by atoms with Gasteiger partial charge in [-0.05, 0) is 36.6 Å². The second-order valence-electron chi connectivity index (χ2n) is 4.97. The molecule has 0 saturated carbocycles. The number of pyridine rings is 1. The van der Waals surface area contributed by atoms with Gasteiger partial charge in [0.05, 0.1) is 11.9 Å². The first kappa shape index (κ1) is 16.2. The highest BCUT2D eigenvalue weighted by molar-refractivity contribution is 6.07. The summed E-state index contributed by atoms with van der Waals surface area (Å²) >= 11 is 0. The molecule has 0 radical (unpaired) electrons. The van der Waals surface area contributed by atoms with Crippen molar-refractivity contribution >= 4 is 17.3 Å². The number of hydrogen-bond donors (Lipinski definition) is 2. The maximum atomic E-state index is 12.3. The van der Waals surface area contributed by atoms with Gasteiger partial charge < -0.3 is 10.6 Å². The van der Waals surface area contributed by atoms with E-state index in [1.165, 1.54) is 6.20 Å². The number of para-hydroxylation sites is 1. The third kappa shape index (κ3) is 4.17. The molecule has 5 nitrogen and oxygen atoms in total. The molecule has 1 amide bonds. The predicted molar refractivity (Wildman–Crippen MR) is 90.7 cm³/mol. The Morgan fingerprint density at radius 3 is 2.83 bits per heavy atom. The van der Waals surface area contributed by atoms with E-state index in [9.17, 15) is 10.1 Å². The highest BCUT2D eigenvalue weighted by Gasteiger charge is 2.12. The molecule has 0 fully saturated rings. The molecule has 2 rings (SSSR count). The predicted octanol–water partition coefficient (Wildman–Crippen LogP) is 3.41. The average molecular weight is 306 g/mol. The van der Waals surface area contributed by atoms with Crippen LogP contribution in [0.15, 0.2) is 54.5 Å². The van der Waals surface area contributed by atoms with Gasteiger partial charge in [-0.3, -0.25) is 9.78 Å². The third-order valence-electron chi connectivity index (χ3n) is 3.39.